The summed E-state index contributed by atoms with van der Waals surface area (Å²) in [6, 6.07) is 6.83. The Hall–Kier alpha value is -1.84. The van der Waals surface area contributed by atoms with Crippen molar-refractivity contribution in [2.24, 2.45) is 5.73 Å². The van der Waals surface area contributed by atoms with E-state index in [2.05, 4.69) is 0 Å². The molecule has 0 atom stereocenters. The van der Waals surface area contributed by atoms with Gasteiger partial charge in [-0.15, -0.1) is 0 Å². The van der Waals surface area contributed by atoms with Crippen molar-refractivity contribution >= 4 is 11.8 Å². The fourth-order valence-electron chi connectivity index (χ4n) is 2.29. The van der Waals surface area contributed by atoms with E-state index in [0.29, 0.717) is 11.1 Å². The van der Waals surface area contributed by atoms with Gasteiger partial charge in [0.2, 0.25) is 0 Å². The Morgan fingerprint density at radius 3 is 2.39 bits per heavy atom. The number of ether oxygens (including phenoxy) is 1. The topological polar surface area (TPSA) is 76.2 Å². The van der Waals surface area contributed by atoms with Gasteiger partial charge in [-0.25, -0.2) is 4.79 Å². The summed E-state index contributed by atoms with van der Waals surface area (Å²) >= 11 is 0. The Kier molecular flexibility index (Phi) is 3.97. The second kappa shape index (κ2) is 5.67. The maximum Gasteiger partial charge on any atom is 0.339 e. The lowest BCUT2D eigenvalue weighted by Crippen LogP contribution is -2.23. The molecular formula is C14H18N2O2. The third-order valence-electron chi connectivity index (χ3n) is 3.26. The van der Waals surface area contributed by atoms with Gasteiger partial charge in [-0.3, -0.25) is 5.41 Å². The highest BCUT2D eigenvalue weighted by Gasteiger charge is 2.20. The van der Waals surface area contributed by atoms with Crippen LogP contribution >= 0.6 is 0 Å². The molecule has 0 aliphatic heterocycles. The van der Waals surface area contributed by atoms with Crippen molar-refractivity contribution in [3.63, 3.8) is 0 Å². The summed E-state index contributed by atoms with van der Waals surface area (Å²) in [6.07, 6.45) is 5.35. The molecule has 0 spiro atoms. The average molecular weight is 246 g/mol. The molecule has 96 valence electrons. The van der Waals surface area contributed by atoms with Crippen LogP contribution in [0.1, 0.15) is 48.0 Å². The molecule has 4 nitrogen and oxygen atoms in total. The molecule has 1 aliphatic rings. The van der Waals surface area contributed by atoms with E-state index in [9.17, 15) is 4.79 Å². The van der Waals surface area contributed by atoms with Crippen LogP contribution in [0.2, 0.25) is 0 Å². The molecular weight excluding hydrogens is 228 g/mol. The number of carbonyl (C=O) groups excluding carboxylic acids is 1. The van der Waals surface area contributed by atoms with Crippen LogP contribution < -0.4 is 5.73 Å². The quantitative estimate of drug-likeness (QED) is 0.488. The molecule has 2 rings (SSSR count). The fraction of sp³-hybridized carbons (Fsp3) is 0.429. The first-order valence-electron chi connectivity index (χ1n) is 6.33. The summed E-state index contributed by atoms with van der Waals surface area (Å²) in [7, 11) is 0. The Labute approximate surface area is 107 Å². The van der Waals surface area contributed by atoms with E-state index in [-0.39, 0.29) is 17.9 Å². The minimum absolute atomic E-state index is 0.0197. The second-order valence-electron chi connectivity index (χ2n) is 4.62. The van der Waals surface area contributed by atoms with Crippen molar-refractivity contribution in [2.75, 3.05) is 0 Å². The Morgan fingerprint density at radius 1 is 1.17 bits per heavy atom. The molecule has 0 bridgehead atoms. The summed E-state index contributed by atoms with van der Waals surface area (Å²) in [6.45, 7) is 0. The molecule has 3 N–H and O–H groups in total. The first-order chi connectivity index (χ1) is 8.68. The van der Waals surface area contributed by atoms with E-state index in [1.54, 1.807) is 24.3 Å². The van der Waals surface area contributed by atoms with Crippen LogP contribution in [-0.4, -0.2) is 17.9 Å². The van der Waals surface area contributed by atoms with E-state index in [4.69, 9.17) is 15.9 Å². The summed E-state index contributed by atoms with van der Waals surface area (Å²) < 4.78 is 5.48. The number of carbonyl (C=O) groups is 1. The SMILES string of the molecule is N=C(N)c1ccccc1C(=O)OC1CCCCC1. The monoisotopic (exact) mass is 246 g/mol. The van der Waals surface area contributed by atoms with Crippen LogP contribution in [0.5, 0.6) is 0 Å². The van der Waals surface area contributed by atoms with Crippen LogP contribution in [-0.2, 0) is 4.74 Å². The van der Waals surface area contributed by atoms with E-state index < -0.39 is 0 Å². The first-order valence-corrected chi connectivity index (χ1v) is 6.33. The van der Waals surface area contributed by atoms with Gasteiger partial charge in [0.15, 0.2) is 0 Å². The van der Waals surface area contributed by atoms with Crippen molar-refractivity contribution in [2.45, 2.75) is 38.2 Å². The molecule has 1 aromatic rings. The zero-order valence-electron chi connectivity index (χ0n) is 10.3. The highest BCUT2D eigenvalue weighted by molar-refractivity contribution is 6.05. The minimum atomic E-state index is -0.368. The Balaban J connectivity index is 2.10. The van der Waals surface area contributed by atoms with Crippen molar-refractivity contribution < 1.29 is 9.53 Å². The number of hydrogen-bond acceptors (Lipinski definition) is 3. The number of hydrogen-bond donors (Lipinski definition) is 2. The van der Waals surface area contributed by atoms with Crippen molar-refractivity contribution in [1.82, 2.24) is 0 Å². The minimum Gasteiger partial charge on any atom is -0.459 e. The van der Waals surface area contributed by atoms with Gasteiger partial charge in [0.1, 0.15) is 11.9 Å². The van der Waals surface area contributed by atoms with Gasteiger partial charge in [0.25, 0.3) is 0 Å². The Bertz CT molecular complexity index is 451. The number of esters is 1. The molecule has 1 fully saturated rings. The number of nitrogens with one attached hydrogen (secondary N) is 1. The molecule has 0 amide bonds. The van der Waals surface area contributed by atoms with Crippen LogP contribution in [0.4, 0.5) is 0 Å². The van der Waals surface area contributed by atoms with Gasteiger partial charge in [-0.05, 0) is 31.7 Å². The molecule has 0 saturated heterocycles. The molecule has 4 heteroatoms. The molecule has 1 saturated carbocycles. The summed E-state index contributed by atoms with van der Waals surface area (Å²) in [5.74, 6) is -0.473. The number of nitrogen functional groups attached to an aromatic ring is 1. The average Bonchev–Trinajstić information content (AvgIpc) is 2.40. The third kappa shape index (κ3) is 2.88. The summed E-state index contributed by atoms with van der Waals surface area (Å²) in [4.78, 5) is 12.1. The first kappa shape index (κ1) is 12.6. The zero-order chi connectivity index (χ0) is 13.0. The lowest BCUT2D eigenvalue weighted by Gasteiger charge is -2.22. The van der Waals surface area contributed by atoms with Gasteiger partial charge >= 0.3 is 5.97 Å². The van der Waals surface area contributed by atoms with E-state index >= 15 is 0 Å². The summed E-state index contributed by atoms with van der Waals surface area (Å²) in [5.41, 5.74) is 6.29. The van der Waals surface area contributed by atoms with E-state index in [1.807, 2.05) is 0 Å². The lowest BCUT2D eigenvalue weighted by molar-refractivity contribution is 0.0211. The number of benzene rings is 1. The molecule has 0 unspecified atom stereocenters. The number of nitrogens with two attached hydrogens (primary N) is 1. The molecule has 1 aromatic carbocycles. The smallest absolute Gasteiger partial charge is 0.339 e. The molecule has 1 aliphatic carbocycles. The van der Waals surface area contributed by atoms with Gasteiger partial charge in [0.05, 0.1) is 5.56 Å². The second-order valence-corrected chi connectivity index (χ2v) is 4.62. The van der Waals surface area contributed by atoms with Crippen molar-refractivity contribution in [3.05, 3.63) is 35.4 Å². The fourth-order valence-corrected chi connectivity index (χ4v) is 2.29. The van der Waals surface area contributed by atoms with E-state index in [1.165, 1.54) is 6.42 Å². The van der Waals surface area contributed by atoms with Crippen molar-refractivity contribution in [3.8, 4) is 0 Å². The van der Waals surface area contributed by atoms with E-state index in [0.717, 1.165) is 25.7 Å². The van der Waals surface area contributed by atoms with Gasteiger partial charge in [-0.1, -0.05) is 24.6 Å². The van der Waals surface area contributed by atoms with Crippen LogP contribution in [0, 0.1) is 5.41 Å². The van der Waals surface area contributed by atoms with Crippen LogP contribution in [0.25, 0.3) is 0 Å². The standard InChI is InChI=1S/C14H18N2O2/c15-13(16)11-8-4-5-9-12(11)14(17)18-10-6-2-1-3-7-10/h4-5,8-10H,1-3,6-7H2,(H3,15,16). The third-order valence-corrected chi connectivity index (χ3v) is 3.26. The predicted octanol–water partition coefficient (Wildman–Crippen LogP) is 2.46. The van der Waals surface area contributed by atoms with Gasteiger partial charge < -0.3 is 10.5 Å². The molecule has 0 radical (unpaired) electrons. The van der Waals surface area contributed by atoms with Crippen LogP contribution in [0.3, 0.4) is 0 Å². The lowest BCUT2D eigenvalue weighted by atomic mass is 9.97. The zero-order valence-corrected chi connectivity index (χ0v) is 10.3. The van der Waals surface area contributed by atoms with Gasteiger partial charge in [0, 0.05) is 5.56 Å². The van der Waals surface area contributed by atoms with Gasteiger partial charge in [-0.2, -0.15) is 0 Å². The number of amidine groups is 1. The molecule has 0 aromatic heterocycles. The largest absolute Gasteiger partial charge is 0.459 e. The molecule has 0 heterocycles. The maximum absolute atomic E-state index is 12.1. The van der Waals surface area contributed by atoms with Crippen LogP contribution in [0.15, 0.2) is 24.3 Å². The van der Waals surface area contributed by atoms with Crippen molar-refractivity contribution in [1.29, 1.82) is 5.41 Å². The normalized spacial score (nSPS) is 16.2. The Morgan fingerprint density at radius 2 is 1.78 bits per heavy atom. The maximum atomic E-state index is 12.1. The highest BCUT2D eigenvalue weighted by Crippen LogP contribution is 2.22. The number of rotatable bonds is 3. The molecule has 18 heavy (non-hydrogen) atoms. The highest BCUT2D eigenvalue weighted by atomic mass is 16.5. The summed E-state index contributed by atoms with van der Waals surface area (Å²) in [5, 5.41) is 7.46. The predicted molar refractivity (Wildman–Crippen MR) is 69.7 cm³/mol.